The Morgan fingerprint density at radius 3 is 2.70 bits per heavy atom. The standard InChI is InChI=1S/C2H3FN4O2S/c3-10(8,9)1-2-4-6-7-5-2/h1H2,(H,4,5,6,7). The van der Waals surface area contributed by atoms with Gasteiger partial charge in [0.05, 0.1) is 0 Å². The fourth-order valence-corrected chi connectivity index (χ4v) is 0.829. The van der Waals surface area contributed by atoms with Crippen LogP contribution in [0.25, 0.3) is 0 Å². The second kappa shape index (κ2) is 2.29. The average Bonchev–Trinajstić information content (AvgIpc) is 2.12. The lowest BCUT2D eigenvalue weighted by Crippen LogP contribution is -1.98. The molecular weight excluding hydrogens is 163 g/mol. The average molecular weight is 166 g/mol. The van der Waals surface area contributed by atoms with E-state index in [1.165, 1.54) is 0 Å². The number of nitrogens with zero attached hydrogens (tertiary/aromatic N) is 3. The maximum absolute atomic E-state index is 11.8. The molecule has 56 valence electrons. The Kier molecular flexibility index (Phi) is 1.62. The van der Waals surface area contributed by atoms with Crippen molar-refractivity contribution in [2.75, 3.05) is 0 Å². The molecule has 8 heteroatoms. The van der Waals surface area contributed by atoms with Crippen molar-refractivity contribution in [3.05, 3.63) is 5.82 Å². The summed E-state index contributed by atoms with van der Waals surface area (Å²) in [7, 11) is -4.53. The monoisotopic (exact) mass is 166 g/mol. The fraction of sp³-hybridized carbons (Fsp3) is 0.500. The summed E-state index contributed by atoms with van der Waals surface area (Å²) in [5.74, 6) is -1.01. The first-order valence-electron chi connectivity index (χ1n) is 2.22. The van der Waals surface area contributed by atoms with Gasteiger partial charge in [-0.05, 0) is 0 Å². The Labute approximate surface area is 55.7 Å². The van der Waals surface area contributed by atoms with E-state index in [0.29, 0.717) is 0 Å². The van der Waals surface area contributed by atoms with E-state index in [1.807, 2.05) is 5.21 Å². The van der Waals surface area contributed by atoms with Gasteiger partial charge in [0.15, 0.2) is 5.82 Å². The molecule has 0 aliphatic heterocycles. The highest BCUT2D eigenvalue weighted by molar-refractivity contribution is 7.85. The van der Waals surface area contributed by atoms with Crippen LogP contribution in [0.5, 0.6) is 0 Å². The Hall–Kier alpha value is -1.05. The van der Waals surface area contributed by atoms with Crippen LogP contribution in [-0.2, 0) is 16.0 Å². The number of aromatic amines is 1. The van der Waals surface area contributed by atoms with Crippen molar-refractivity contribution in [3.63, 3.8) is 0 Å². The molecule has 1 aromatic heterocycles. The van der Waals surface area contributed by atoms with Crippen LogP contribution in [0.1, 0.15) is 5.82 Å². The molecular formula is C2H3FN4O2S. The normalized spacial score (nSPS) is 11.7. The van der Waals surface area contributed by atoms with Gasteiger partial charge in [0.25, 0.3) is 0 Å². The molecule has 0 amide bonds. The van der Waals surface area contributed by atoms with Crippen molar-refractivity contribution in [2.24, 2.45) is 0 Å². The molecule has 0 aliphatic carbocycles. The van der Waals surface area contributed by atoms with Gasteiger partial charge in [-0.1, -0.05) is 5.21 Å². The molecule has 1 N–H and O–H groups in total. The van der Waals surface area contributed by atoms with E-state index < -0.39 is 16.0 Å². The maximum Gasteiger partial charge on any atom is 0.309 e. The number of tetrazole rings is 1. The SMILES string of the molecule is O=S(=O)(F)Cc1nn[nH]n1. The first-order valence-corrected chi connectivity index (χ1v) is 3.78. The summed E-state index contributed by atoms with van der Waals surface area (Å²) >= 11 is 0. The molecule has 0 aromatic carbocycles. The van der Waals surface area contributed by atoms with Crippen LogP contribution in [-0.4, -0.2) is 29.0 Å². The third kappa shape index (κ3) is 2.05. The lowest BCUT2D eigenvalue weighted by molar-refractivity contribution is 0.549. The lowest BCUT2D eigenvalue weighted by Gasteiger charge is -1.83. The Balaban J connectivity index is 2.75. The van der Waals surface area contributed by atoms with Crippen molar-refractivity contribution >= 4 is 10.2 Å². The molecule has 0 bridgehead atoms. The molecule has 0 saturated carbocycles. The molecule has 6 nitrogen and oxygen atoms in total. The van der Waals surface area contributed by atoms with Crippen molar-refractivity contribution in [1.29, 1.82) is 0 Å². The number of rotatable bonds is 2. The summed E-state index contributed by atoms with van der Waals surface area (Å²) in [5, 5.41) is 11.5. The first kappa shape index (κ1) is 7.06. The maximum atomic E-state index is 11.8. The fourth-order valence-electron chi connectivity index (χ4n) is 0.398. The summed E-state index contributed by atoms with van der Waals surface area (Å²) in [6.07, 6.45) is 0. The molecule has 10 heavy (non-hydrogen) atoms. The zero-order valence-corrected chi connectivity index (χ0v) is 5.47. The number of hydrogen-bond acceptors (Lipinski definition) is 5. The summed E-state index contributed by atoms with van der Waals surface area (Å²) in [4.78, 5) is 0. The molecule has 0 fully saturated rings. The molecule has 0 unspecified atom stereocenters. The molecule has 1 aromatic rings. The van der Waals surface area contributed by atoms with E-state index in [4.69, 9.17) is 0 Å². The number of hydrogen-bond donors (Lipinski definition) is 1. The third-order valence-corrected chi connectivity index (χ3v) is 1.29. The number of halogens is 1. The minimum Gasteiger partial charge on any atom is -0.194 e. The van der Waals surface area contributed by atoms with Gasteiger partial charge in [0.2, 0.25) is 0 Å². The van der Waals surface area contributed by atoms with Crippen molar-refractivity contribution < 1.29 is 12.3 Å². The Bertz CT molecular complexity index is 291. The number of nitrogens with one attached hydrogen (secondary N) is 1. The minimum atomic E-state index is -4.53. The second-order valence-corrected chi connectivity index (χ2v) is 2.88. The van der Waals surface area contributed by atoms with E-state index in [-0.39, 0.29) is 5.82 Å². The van der Waals surface area contributed by atoms with Gasteiger partial charge in [-0.2, -0.15) is 13.6 Å². The highest BCUT2D eigenvalue weighted by atomic mass is 32.3. The van der Waals surface area contributed by atoms with E-state index in [1.54, 1.807) is 0 Å². The number of H-pyrrole nitrogens is 1. The van der Waals surface area contributed by atoms with Crippen LogP contribution in [0.15, 0.2) is 0 Å². The molecule has 0 atom stereocenters. The smallest absolute Gasteiger partial charge is 0.194 e. The third-order valence-electron chi connectivity index (χ3n) is 0.691. The van der Waals surface area contributed by atoms with Gasteiger partial charge in [-0.3, -0.25) is 0 Å². The predicted molar refractivity (Wildman–Crippen MR) is 27.9 cm³/mol. The van der Waals surface area contributed by atoms with Crippen LogP contribution in [0, 0.1) is 0 Å². The van der Waals surface area contributed by atoms with E-state index in [9.17, 15) is 12.3 Å². The summed E-state index contributed by atoms with van der Waals surface area (Å²) in [6.45, 7) is 0. The largest absolute Gasteiger partial charge is 0.309 e. The van der Waals surface area contributed by atoms with Gasteiger partial charge in [0.1, 0.15) is 5.75 Å². The van der Waals surface area contributed by atoms with Crippen molar-refractivity contribution in [2.45, 2.75) is 5.75 Å². The Morgan fingerprint density at radius 2 is 2.30 bits per heavy atom. The molecule has 0 saturated heterocycles. The van der Waals surface area contributed by atoms with E-state index >= 15 is 0 Å². The summed E-state index contributed by atoms with van der Waals surface area (Å²) in [6, 6.07) is 0. The molecule has 1 heterocycles. The van der Waals surface area contributed by atoms with Crippen molar-refractivity contribution in [3.8, 4) is 0 Å². The molecule has 0 spiro atoms. The van der Waals surface area contributed by atoms with Crippen LogP contribution >= 0.6 is 0 Å². The number of aromatic nitrogens is 4. The van der Waals surface area contributed by atoms with Gasteiger partial charge in [-0.15, -0.1) is 14.1 Å². The predicted octanol–water partition coefficient (Wildman–Crippen LogP) is -1.00. The summed E-state index contributed by atoms with van der Waals surface area (Å²) in [5.41, 5.74) is 0. The zero-order chi connectivity index (χ0) is 7.61. The van der Waals surface area contributed by atoms with Crippen LogP contribution in [0.3, 0.4) is 0 Å². The zero-order valence-electron chi connectivity index (χ0n) is 4.65. The van der Waals surface area contributed by atoms with E-state index in [0.717, 1.165) is 0 Å². The van der Waals surface area contributed by atoms with Crippen LogP contribution in [0.4, 0.5) is 3.89 Å². The quantitative estimate of drug-likeness (QED) is 0.569. The van der Waals surface area contributed by atoms with E-state index in [2.05, 4.69) is 15.4 Å². The highest BCUT2D eigenvalue weighted by Crippen LogP contribution is 1.97. The molecule has 0 radical (unpaired) electrons. The van der Waals surface area contributed by atoms with Gasteiger partial charge >= 0.3 is 10.2 Å². The van der Waals surface area contributed by atoms with Crippen LogP contribution in [0.2, 0.25) is 0 Å². The first-order chi connectivity index (χ1) is 4.58. The van der Waals surface area contributed by atoms with Gasteiger partial charge < -0.3 is 0 Å². The van der Waals surface area contributed by atoms with Gasteiger partial charge in [0, 0.05) is 0 Å². The minimum absolute atomic E-state index is 0.178. The second-order valence-electron chi connectivity index (χ2n) is 1.51. The van der Waals surface area contributed by atoms with Gasteiger partial charge in [-0.25, -0.2) is 0 Å². The summed E-state index contributed by atoms with van der Waals surface area (Å²) < 4.78 is 31.6. The lowest BCUT2D eigenvalue weighted by atomic mass is 10.8. The van der Waals surface area contributed by atoms with Crippen molar-refractivity contribution in [1.82, 2.24) is 20.6 Å². The molecule has 1 rings (SSSR count). The highest BCUT2D eigenvalue weighted by Gasteiger charge is 2.11. The topological polar surface area (TPSA) is 88.6 Å². The Morgan fingerprint density at radius 1 is 1.60 bits per heavy atom. The molecule has 0 aliphatic rings. The van der Waals surface area contributed by atoms with Crippen LogP contribution < -0.4 is 0 Å².